The summed E-state index contributed by atoms with van der Waals surface area (Å²) in [6.07, 6.45) is 15.6. The molecule has 0 fully saturated rings. The molecule has 0 unspecified atom stereocenters. The summed E-state index contributed by atoms with van der Waals surface area (Å²) in [5.41, 5.74) is 4.90. The largest absolute Gasteiger partial charge is 0.0654 e. The minimum atomic E-state index is 1.04. The zero-order valence-electron chi connectivity index (χ0n) is 19.1. The van der Waals surface area contributed by atoms with Gasteiger partial charge in [0.25, 0.3) is 0 Å². The molecule has 0 saturated carbocycles. The Morgan fingerprint density at radius 1 is 0.467 bits per heavy atom. The standard InChI is InChI=1S/C30H38/c1-3-5-7-9-11-15-27-19-23-29(24-20-27)17-13-14-18-30-25-21-28(22-26-30)16-12-10-8-6-4-2/h19-26H,3-12,15-16H2,1-2H3. The minimum absolute atomic E-state index is 1.04. The Hall–Kier alpha value is -2.44. The van der Waals surface area contributed by atoms with E-state index in [1.807, 2.05) is 0 Å². The van der Waals surface area contributed by atoms with E-state index in [0.29, 0.717) is 0 Å². The second-order valence-electron chi connectivity index (χ2n) is 8.22. The first-order valence-electron chi connectivity index (χ1n) is 12.0. The summed E-state index contributed by atoms with van der Waals surface area (Å²) in [6, 6.07) is 17.3. The molecule has 0 amide bonds. The number of aryl methyl sites for hydroxylation is 2. The smallest absolute Gasteiger partial charge is 0.0255 e. The fourth-order valence-electron chi connectivity index (χ4n) is 3.58. The first-order valence-corrected chi connectivity index (χ1v) is 12.0. The Balaban J connectivity index is 1.75. The van der Waals surface area contributed by atoms with Gasteiger partial charge in [-0.15, -0.1) is 0 Å². The van der Waals surface area contributed by atoms with Gasteiger partial charge in [-0.25, -0.2) is 0 Å². The molecule has 0 nitrogen and oxygen atoms in total. The monoisotopic (exact) mass is 398 g/mol. The van der Waals surface area contributed by atoms with Gasteiger partial charge >= 0.3 is 0 Å². The molecule has 0 aliphatic carbocycles. The molecule has 0 saturated heterocycles. The average Bonchev–Trinajstić information content (AvgIpc) is 2.78. The SMILES string of the molecule is CCCCCCCc1ccc(C#CC#Cc2ccc(CCCCCCC)cc2)cc1. The van der Waals surface area contributed by atoms with Gasteiger partial charge in [-0.05, 0) is 72.9 Å². The highest BCUT2D eigenvalue weighted by Crippen LogP contribution is 2.11. The minimum Gasteiger partial charge on any atom is -0.0654 e. The van der Waals surface area contributed by atoms with Crippen LogP contribution in [-0.2, 0) is 12.8 Å². The van der Waals surface area contributed by atoms with Gasteiger partial charge in [0.1, 0.15) is 0 Å². The zero-order chi connectivity index (χ0) is 21.3. The van der Waals surface area contributed by atoms with Crippen molar-refractivity contribution in [2.24, 2.45) is 0 Å². The maximum absolute atomic E-state index is 3.16. The topological polar surface area (TPSA) is 0 Å². The van der Waals surface area contributed by atoms with Crippen LogP contribution < -0.4 is 0 Å². The van der Waals surface area contributed by atoms with Gasteiger partial charge in [-0.3, -0.25) is 0 Å². The molecule has 0 spiro atoms. The highest BCUT2D eigenvalue weighted by Gasteiger charge is 1.95. The van der Waals surface area contributed by atoms with Crippen molar-refractivity contribution in [2.45, 2.75) is 90.9 Å². The molecular weight excluding hydrogens is 360 g/mol. The van der Waals surface area contributed by atoms with Crippen LogP contribution in [0.4, 0.5) is 0 Å². The summed E-state index contributed by atoms with van der Waals surface area (Å²) >= 11 is 0. The van der Waals surface area contributed by atoms with Crippen molar-refractivity contribution < 1.29 is 0 Å². The summed E-state index contributed by atoms with van der Waals surface area (Å²) < 4.78 is 0. The van der Waals surface area contributed by atoms with Crippen LogP contribution in [0.15, 0.2) is 48.5 Å². The summed E-state index contributed by atoms with van der Waals surface area (Å²) in [5.74, 6) is 12.3. The lowest BCUT2D eigenvalue weighted by Gasteiger charge is -2.01. The maximum atomic E-state index is 3.16. The number of unbranched alkanes of at least 4 members (excludes halogenated alkanes) is 8. The first-order chi connectivity index (χ1) is 14.8. The Morgan fingerprint density at radius 2 is 0.833 bits per heavy atom. The van der Waals surface area contributed by atoms with Crippen LogP contribution in [0, 0.1) is 23.7 Å². The molecule has 0 radical (unpaired) electrons. The molecule has 2 rings (SSSR count). The first kappa shape index (κ1) is 23.8. The molecule has 2 aromatic rings. The van der Waals surface area contributed by atoms with Crippen molar-refractivity contribution in [2.75, 3.05) is 0 Å². The summed E-state index contributed by atoms with van der Waals surface area (Å²) in [5, 5.41) is 0. The van der Waals surface area contributed by atoms with Gasteiger partial charge < -0.3 is 0 Å². The molecular formula is C30H38. The normalized spacial score (nSPS) is 10.1. The Kier molecular flexibility index (Phi) is 12.2. The van der Waals surface area contributed by atoms with Crippen molar-refractivity contribution >= 4 is 0 Å². The van der Waals surface area contributed by atoms with E-state index in [0.717, 1.165) is 11.1 Å². The van der Waals surface area contributed by atoms with Crippen molar-refractivity contribution in [3.8, 4) is 23.7 Å². The Bertz CT molecular complexity index is 743. The summed E-state index contributed by atoms with van der Waals surface area (Å²) in [6.45, 7) is 4.52. The number of hydrogen-bond acceptors (Lipinski definition) is 0. The number of hydrogen-bond donors (Lipinski definition) is 0. The van der Waals surface area contributed by atoms with E-state index < -0.39 is 0 Å². The highest BCUT2D eigenvalue weighted by atomic mass is 14.0. The van der Waals surface area contributed by atoms with E-state index in [-0.39, 0.29) is 0 Å². The fraction of sp³-hybridized carbons (Fsp3) is 0.467. The molecule has 0 N–H and O–H groups in total. The van der Waals surface area contributed by atoms with Gasteiger partial charge in [0, 0.05) is 11.1 Å². The fourth-order valence-corrected chi connectivity index (χ4v) is 3.58. The van der Waals surface area contributed by atoms with E-state index >= 15 is 0 Å². The Labute approximate surface area is 185 Å². The van der Waals surface area contributed by atoms with Gasteiger partial charge in [0.2, 0.25) is 0 Å². The molecule has 0 aromatic heterocycles. The van der Waals surface area contributed by atoms with Crippen LogP contribution in [0.1, 0.15) is 100 Å². The third-order valence-corrected chi connectivity index (χ3v) is 5.52. The molecule has 0 heterocycles. The van der Waals surface area contributed by atoms with Crippen molar-refractivity contribution in [1.82, 2.24) is 0 Å². The lowest BCUT2D eigenvalue weighted by atomic mass is 10.0. The van der Waals surface area contributed by atoms with Gasteiger partial charge in [-0.1, -0.05) is 101 Å². The molecule has 0 atom stereocenters. The van der Waals surface area contributed by atoms with E-state index in [9.17, 15) is 0 Å². The van der Waals surface area contributed by atoms with Crippen LogP contribution >= 0.6 is 0 Å². The second kappa shape index (κ2) is 15.4. The summed E-state index contributed by atoms with van der Waals surface area (Å²) in [4.78, 5) is 0. The predicted molar refractivity (Wildman–Crippen MR) is 132 cm³/mol. The van der Waals surface area contributed by atoms with E-state index in [4.69, 9.17) is 0 Å². The van der Waals surface area contributed by atoms with Crippen LogP contribution in [0.2, 0.25) is 0 Å². The molecule has 0 bridgehead atoms. The molecule has 158 valence electrons. The number of benzene rings is 2. The van der Waals surface area contributed by atoms with Gasteiger partial charge in [0.15, 0.2) is 0 Å². The lowest BCUT2D eigenvalue weighted by Crippen LogP contribution is -1.86. The maximum Gasteiger partial charge on any atom is 0.0255 e. The van der Waals surface area contributed by atoms with Crippen LogP contribution in [0.25, 0.3) is 0 Å². The van der Waals surface area contributed by atoms with Crippen molar-refractivity contribution in [3.63, 3.8) is 0 Å². The zero-order valence-corrected chi connectivity index (χ0v) is 19.1. The van der Waals surface area contributed by atoms with Crippen LogP contribution in [-0.4, -0.2) is 0 Å². The van der Waals surface area contributed by atoms with Gasteiger partial charge in [0.05, 0.1) is 0 Å². The van der Waals surface area contributed by atoms with Crippen LogP contribution in [0.3, 0.4) is 0 Å². The highest BCUT2D eigenvalue weighted by molar-refractivity contribution is 5.45. The molecule has 0 aliphatic rings. The quantitative estimate of drug-likeness (QED) is 0.250. The molecule has 0 heteroatoms. The molecule has 0 aliphatic heterocycles. The average molecular weight is 399 g/mol. The number of rotatable bonds is 12. The third-order valence-electron chi connectivity index (χ3n) is 5.52. The lowest BCUT2D eigenvalue weighted by molar-refractivity contribution is 0.632. The van der Waals surface area contributed by atoms with Gasteiger partial charge in [-0.2, -0.15) is 0 Å². The predicted octanol–water partition coefficient (Wildman–Crippen LogP) is 8.12. The Morgan fingerprint density at radius 3 is 1.20 bits per heavy atom. The molecule has 2 aromatic carbocycles. The third kappa shape index (κ3) is 10.4. The van der Waals surface area contributed by atoms with Crippen LogP contribution in [0.5, 0.6) is 0 Å². The van der Waals surface area contributed by atoms with E-state index in [1.54, 1.807) is 0 Å². The van der Waals surface area contributed by atoms with E-state index in [1.165, 1.54) is 88.2 Å². The molecule has 30 heavy (non-hydrogen) atoms. The summed E-state index contributed by atoms with van der Waals surface area (Å²) in [7, 11) is 0. The van der Waals surface area contributed by atoms with E-state index in [2.05, 4.69) is 86.1 Å². The second-order valence-corrected chi connectivity index (χ2v) is 8.22. The van der Waals surface area contributed by atoms with Crippen molar-refractivity contribution in [3.05, 3.63) is 70.8 Å². The van der Waals surface area contributed by atoms with Crippen molar-refractivity contribution in [1.29, 1.82) is 0 Å².